The molecule has 3 aromatic heterocycles. The minimum Gasteiger partial charge on any atom is -0.472 e. The van der Waals surface area contributed by atoms with Crippen LogP contribution in [0.4, 0.5) is 24.8 Å². The number of benzene rings is 1. The first kappa shape index (κ1) is 23.3. The van der Waals surface area contributed by atoms with E-state index in [2.05, 4.69) is 20.4 Å². The fourth-order valence-corrected chi connectivity index (χ4v) is 3.44. The molecule has 0 aliphatic carbocycles. The monoisotopic (exact) mass is 467 g/mol. The van der Waals surface area contributed by atoms with Gasteiger partial charge in [0, 0.05) is 30.9 Å². The summed E-state index contributed by atoms with van der Waals surface area (Å²) in [4.78, 5) is 8.76. The molecule has 0 saturated carbocycles. The highest BCUT2D eigenvalue weighted by Crippen LogP contribution is 2.38. The molecule has 0 fully saturated rings. The van der Waals surface area contributed by atoms with E-state index in [1.807, 2.05) is 32.9 Å². The number of alkyl halides is 3. The minimum absolute atomic E-state index is 0.0158. The Balaban J connectivity index is 1.82. The van der Waals surface area contributed by atoms with Crippen LogP contribution in [0, 0.1) is 0 Å². The maximum atomic E-state index is 13.7. The number of hydrogen-bond acceptors (Lipinski definition) is 5. The van der Waals surface area contributed by atoms with Gasteiger partial charge >= 0.3 is 6.18 Å². The lowest BCUT2D eigenvalue weighted by molar-refractivity contribution is -0.137. The van der Waals surface area contributed by atoms with E-state index in [4.69, 9.17) is 4.74 Å². The molecule has 1 N–H and O–H groups in total. The van der Waals surface area contributed by atoms with Gasteiger partial charge in [0.2, 0.25) is 5.88 Å². The molecule has 0 amide bonds. The molecular formula is C25H24F3N5O. The molecule has 34 heavy (non-hydrogen) atoms. The summed E-state index contributed by atoms with van der Waals surface area (Å²) in [7, 11) is 1.80. The summed E-state index contributed by atoms with van der Waals surface area (Å²) in [5, 5.41) is 7.31. The zero-order valence-corrected chi connectivity index (χ0v) is 19.2. The van der Waals surface area contributed by atoms with Gasteiger partial charge < -0.3 is 10.1 Å². The van der Waals surface area contributed by atoms with Crippen molar-refractivity contribution in [1.82, 2.24) is 19.7 Å². The average molecular weight is 467 g/mol. The third kappa shape index (κ3) is 5.36. The molecule has 4 aromatic rings. The fourth-order valence-electron chi connectivity index (χ4n) is 3.44. The first-order valence-electron chi connectivity index (χ1n) is 10.6. The van der Waals surface area contributed by atoms with E-state index in [0.717, 1.165) is 17.4 Å². The van der Waals surface area contributed by atoms with Gasteiger partial charge in [0.05, 0.1) is 17.5 Å². The van der Waals surface area contributed by atoms with Crippen molar-refractivity contribution >= 4 is 11.6 Å². The molecule has 0 radical (unpaired) electrons. The molecular weight excluding hydrogens is 443 g/mol. The molecule has 0 aliphatic heterocycles. The maximum absolute atomic E-state index is 13.7. The number of ether oxygens (including phenoxy) is 1. The first-order valence-corrected chi connectivity index (χ1v) is 10.6. The Kier molecular flexibility index (Phi) is 6.03. The molecule has 176 valence electrons. The number of nitrogens with zero attached hydrogens (tertiary/aromatic N) is 4. The molecule has 9 heteroatoms. The number of aryl methyl sites for hydroxylation is 1. The highest BCUT2D eigenvalue weighted by atomic mass is 19.4. The van der Waals surface area contributed by atoms with Crippen LogP contribution in [-0.4, -0.2) is 25.3 Å². The van der Waals surface area contributed by atoms with Gasteiger partial charge in [0.25, 0.3) is 0 Å². The SMILES string of the molecule is Cn1nccc1Nc1cc(-c2cc(OC(C)(C)C)nc(-c3ccccc3C(F)(F)F)c2)ccn1. The van der Waals surface area contributed by atoms with Gasteiger partial charge in [-0.3, -0.25) is 4.68 Å². The lowest BCUT2D eigenvalue weighted by atomic mass is 10.00. The van der Waals surface area contributed by atoms with Crippen molar-refractivity contribution in [2.24, 2.45) is 7.05 Å². The first-order chi connectivity index (χ1) is 16.0. The number of aromatic nitrogens is 4. The number of anilines is 2. The van der Waals surface area contributed by atoms with Gasteiger partial charge in [0.15, 0.2) is 0 Å². The van der Waals surface area contributed by atoms with E-state index >= 15 is 0 Å². The van der Waals surface area contributed by atoms with Gasteiger partial charge in [0.1, 0.15) is 17.2 Å². The Morgan fingerprint density at radius 1 is 0.912 bits per heavy atom. The summed E-state index contributed by atoms with van der Waals surface area (Å²) in [6.07, 6.45) is -1.23. The van der Waals surface area contributed by atoms with Crippen LogP contribution in [0.5, 0.6) is 5.88 Å². The van der Waals surface area contributed by atoms with Crippen molar-refractivity contribution < 1.29 is 17.9 Å². The molecule has 0 saturated heterocycles. The summed E-state index contributed by atoms with van der Waals surface area (Å²) in [5.74, 6) is 1.54. The number of nitrogens with one attached hydrogen (secondary N) is 1. The Hall–Kier alpha value is -3.88. The predicted octanol–water partition coefficient (Wildman–Crippen LogP) is 6.48. The van der Waals surface area contributed by atoms with E-state index in [0.29, 0.717) is 11.4 Å². The smallest absolute Gasteiger partial charge is 0.417 e. The van der Waals surface area contributed by atoms with Crippen LogP contribution in [0.1, 0.15) is 26.3 Å². The second-order valence-corrected chi connectivity index (χ2v) is 8.73. The average Bonchev–Trinajstić information content (AvgIpc) is 3.16. The normalized spacial score (nSPS) is 12.0. The van der Waals surface area contributed by atoms with Gasteiger partial charge in [-0.05, 0) is 56.2 Å². The van der Waals surface area contributed by atoms with E-state index in [9.17, 15) is 13.2 Å². The highest BCUT2D eigenvalue weighted by molar-refractivity contribution is 5.75. The number of pyridine rings is 2. The molecule has 0 unspecified atom stereocenters. The molecule has 6 nitrogen and oxygen atoms in total. The van der Waals surface area contributed by atoms with Gasteiger partial charge in [-0.2, -0.15) is 18.3 Å². The van der Waals surface area contributed by atoms with Crippen LogP contribution in [-0.2, 0) is 13.2 Å². The fraction of sp³-hybridized carbons (Fsp3) is 0.240. The Morgan fingerprint density at radius 3 is 2.35 bits per heavy atom. The third-order valence-corrected chi connectivity index (χ3v) is 4.89. The second-order valence-electron chi connectivity index (χ2n) is 8.73. The standard InChI is InChI=1S/C25H24F3N5O/c1-24(2,3)34-23-15-17(13-20(31-23)18-7-5-6-8-19(18)25(26,27)28)16-9-11-29-21(14-16)32-22-10-12-30-33(22)4/h5-15H,1-4H3,(H,29,32). The van der Waals surface area contributed by atoms with E-state index in [1.165, 1.54) is 12.1 Å². The van der Waals surface area contributed by atoms with Crippen molar-refractivity contribution in [3.05, 3.63) is 72.6 Å². The molecule has 4 rings (SSSR count). The van der Waals surface area contributed by atoms with Crippen molar-refractivity contribution in [3.63, 3.8) is 0 Å². The highest BCUT2D eigenvalue weighted by Gasteiger charge is 2.34. The van der Waals surface area contributed by atoms with Crippen LogP contribution in [0.15, 0.2) is 67.0 Å². The summed E-state index contributed by atoms with van der Waals surface area (Å²) in [5.41, 5.74) is 0.204. The Labute approximate surface area is 195 Å². The lowest BCUT2D eigenvalue weighted by Gasteiger charge is -2.22. The Bertz CT molecular complexity index is 1310. The molecule has 3 heterocycles. The van der Waals surface area contributed by atoms with Crippen LogP contribution < -0.4 is 10.1 Å². The minimum atomic E-state index is -4.52. The summed E-state index contributed by atoms with van der Waals surface area (Å²) in [6.45, 7) is 5.56. The predicted molar refractivity (Wildman–Crippen MR) is 125 cm³/mol. The van der Waals surface area contributed by atoms with Gasteiger partial charge in [-0.25, -0.2) is 9.97 Å². The van der Waals surface area contributed by atoms with E-state index in [-0.39, 0.29) is 17.1 Å². The molecule has 1 aromatic carbocycles. The lowest BCUT2D eigenvalue weighted by Crippen LogP contribution is -2.23. The van der Waals surface area contributed by atoms with Crippen molar-refractivity contribution in [3.8, 4) is 28.3 Å². The zero-order chi connectivity index (χ0) is 24.5. The second kappa shape index (κ2) is 8.81. The quantitative estimate of drug-likeness (QED) is 0.364. The largest absolute Gasteiger partial charge is 0.472 e. The number of rotatable bonds is 5. The summed E-state index contributed by atoms with van der Waals surface area (Å²) < 4.78 is 48.8. The van der Waals surface area contributed by atoms with Crippen LogP contribution in [0.2, 0.25) is 0 Å². The maximum Gasteiger partial charge on any atom is 0.417 e. The van der Waals surface area contributed by atoms with Gasteiger partial charge in [-0.1, -0.05) is 18.2 Å². The third-order valence-electron chi connectivity index (χ3n) is 4.89. The summed E-state index contributed by atoms with van der Waals surface area (Å²) >= 11 is 0. The number of hydrogen-bond donors (Lipinski definition) is 1. The molecule has 0 atom stereocenters. The van der Waals surface area contributed by atoms with E-state index < -0.39 is 17.3 Å². The van der Waals surface area contributed by atoms with Crippen LogP contribution in [0.3, 0.4) is 0 Å². The summed E-state index contributed by atoms with van der Waals surface area (Å²) in [6, 6.07) is 14.1. The van der Waals surface area contributed by atoms with E-state index in [1.54, 1.807) is 48.4 Å². The molecule has 0 spiro atoms. The molecule has 0 bridgehead atoms. The van der Waals surface area contributed by atoms with Crippen molar-refractivity contribution in [2.75, 3.05) is 5.32 Å². The van der Waals surface area contributed by atoms with Crippen molar-refractivity contribution in [1.29, 1.82) is 0 Å². The van der Waals surface area contributed by atoms with Crippen LogP contribution in [0.25, 0.3) is 22.4 Å². The number of halogens is 3. The zero-order valence-electron chi connectivity index (χ0n) is 19.2. The van der Waals surface area contributed by atoms with Gasteiger partial charge in [-0.15, -0.1) is 0 Å². The topological polar surface area (TPSA) is 64.9 Å². The van der Waals surface area contributed by atoms with Crippen LogP contribution >= 0.6 is 0 Å². The Morgan fingerprint density at radius 2 is 1.68 bits per heavy atom. The molecule has 0 aliphatic rings. The van der Waals surface area contributed by atoms with Crippen molar-refractivity contribution in [2.45, 2.75) is 32.5 Å².